The van der Waals surface area contributed by atoms with Crippen molar-refractivity contribution in [3.8, 4) is 0 Å². The Kier molecular flexibility index (Phi) is 2.56. The standard InChI is InChI=1S/C17H20O2/c18-14-7-3-4-8-17-9-10-19-16(15(14)17)13-6-2-1-5-12(13)11-17/h1-2,5-6,15-16H,3-4,7-11H2/t15-,16-,17+/m1/s1. The molecule has 19 heavy (non-hydrogen) atoms. The van der Waals surface area contributed by atoms with Gasteiger partial charge in [0.25, 0.3) is 0 Å². The van der Waals surface area contributed by atoms with E-state index in [-0.39, 0.29) is 17.4 Å². The van der Waals surface area contributed by atoms with Crippen LogP contribution < -0.4 is 0 Å². The van der Waals surface area contributed by atoms with E-state index in [0.717, 1.165) is 32.3 Å². The molecule has 2 nitrogen and oxygen atoms in total. The van der Waals surface area contributed by atoms with Gasteiger partial charge in [-0.25, -0.2) is 0 Å². The summed E-state index contributed by atoms with van der Waals surface area (Å²) in [6.07, 6.45) is 6.42. The molecule has 0 amide bonds. The van der Waals surface area contributed by atoms with Crippen LogP contribution >= 0.6 is 0 Å². The Morgan fingerprint density at radius 2 is 2.05 bits per heavy atom. The third-order valence-electron chi connectivity index (χ3n) is 5.46. The molecule has 2 bridgehead atoms. The van der Waals surface area contributed by atoms with Gasteiger partial charge in [-0.05, 0) is 42.2 Å². The first-order chi connectivity index (χ1) is 9.30. The maximum Gasteiger partial charge on any atom is 0.139 e. The second-order valence-electron chi connectivity index (χ2n) is 6.43. The van der Waals surface area contributed by atoms with Gasteiger partial charge in [0.1, 0.15) is 5.78 Å². The zero-order chi connectivity index (χ0) is 12.9. The first kappa shape index (κ1) is 11.7. The van der Waals surface area contributed by atoms with Crippen molar-refractivity contribution in [2.24, 2.45) is 11.3 Å². The lowest BCUT2D eigenvalue weighted by molar-refractivity contribution is -0.152. The zero-order valence-electron chi connectivity index (χ0n) is 11.2. The van der Waals surface area contributed by atoms with Crippen molar-refractivity contribution >= 4 is 5.78 Å². The first-order valence-electron chi connectivity index (χ1n) is 7.52. The molecule has 0 N–H and O–H groups in total. The molecule has 1 aliphatic heterocycles. The second-order valence-corrected chi connectivity index (χ2v) is 6.43. The van der Waals surface area contributed by atoms with E-state index < -0.39 is 0 Å². The van der Waals surface area contributed by atoms with Gasteiger partial charge in [0.05, 0.1) is 12.0 Å². The summed E-state index contributed by atoms with van der Waals surface area (Å²) < 4.78 is 6.04. The van der Waals surface area contributed by atoms with Gasteiger partial charge in [0.15, 0.2) is 0 Å². The van der Waals surface area contributed by atoms with E-state index in [1.807, 2.05) is 0 Å². The smallest absolute Gasteiger partial charge is 0.139 e. The minimum absolute atomic E-state index is 0.0318. The third-order valence-corrected chi connectivity index (χ3v) is 5.46. The van der Waals surface area contributed by atoms with Crippen LogP contribution in [-0.2, 0) is 16.0 Å². The minimum Gasteiger partial charge on any atom is -0.373 e. The zero-order valence-corrected chi connectivity index (χ0v) is 11.2. The monoisotopic (exact) mass is 256 g/mol. The normalized spacial score (nSPS) is 37.2. The number of hydrogen-bond acceptors (Lipinski definition) is 2. The quantitative estimate of drug-likeness (QED) is 0.710. The Balaban J connectivity index is 1.88. The highest BCUT2D eigenvalue weighted by atomic mass is 16.5. The molecular weight excluding hydrogens is 236 g/mol. The molecule has 3 aliphatic rings. The van der Waals surface area contributed by atoms with Gasteiger partial charge >= 0.3 is 0 Å². The van der Waals surface area contributed by atoms with Crippen LogP contribution in [0.5, 0.6) is 0 Å². The SMILES string of the molecule is O=C1CCCC[C@]23CCO[C@H](c4ccccc4C2)[C@@H]13. The summed E-state index contributed by atoms with van der Waals surface area (Å²) in [4.78, 5) is 12.6. The number of benzene rings is 1. The van der Waals surface area contributed by atoms with E-state index in [1.165, 1.54) is 24.0 Å². The molecule has 100 valence electrons. The average molecular weight is 256 g/mol. The molecule has 4 rings (SSSR count). The highest BCUT2D eigenvalue weighted by Crippen LogP contribution is 2.56. The Morgan fingerprint density at radius 3 is 3.00 bits per heavy atom. The van der Waals surface area contributed by atoms with Crippen LogP contribution in [0.4, 0.5) is 0 Å². The topological polar surface area (TPSA) is 26.3 Å². The maximum atomic E-state index is 12.6. The molecule has 2 aliphatic carbocycles. The predicted octanol–water partition coefficient (Wildman–Crippen LogP) is 3.45. The van der Waals surface area contributed by atoms with Crippen LogP contribution in [0, 0.1) is 11.3 Å². The van der Waals surface area contributed by atoms with E-state index in [9.17, 15) is 4.79 Å². The predicted molar refractivity (Wildman–Crippen MR) is 72.9 cm³/mol. The Bertz CT molecular complexity index is 522. The van der Waals surface area contributed by atoms with Gasteiger partial charge in [0, 0.05) is 13.0 Å². The molecular formula is C17H20O2. The van der Waals surface area contributed by atoms with Crippen molar-refractivity contribution in [3.05, 3.63) is 35.4 Å². The summed E-state index contributed by atoms with van der Waals surface area (Å²) in [5.74, 6) is 0.579. The Morgan fingerprint density at radius 1 is 1.16 bits per heavy atom. The molecule has 1 saturated carbocycles. The van der Waals surface area contributed by atoms with E-state index in [1.54, 1.807) is 0 Å². The lowest BCUT2D eigenvalue weighted by Crippen LogP contribution is -2.48. The van der Waals surface area contributed by atoms with E-state index in [4.69, 9.17) is 4.74 Å². The highest BCUT2D eigenvalue weighted by Gasteiger charge is 2.53. The fraction of sp³-hybridized carbons (Fsp3) is 0.588. The van der Waals surface area contributed by atoms with Gasteiger partial charge in [0.2, 0.25) is 0 Å². The van der Waals surface area contributed by atoms with Gasteiger partial charge in [-0.1, -0.05) is 30.7 Å². The summed E-state index contributed by atoms with van der Waals surface area (Å²) in [5.41, 5.74) is 2.89. The summed E-state index contributed by atoms with van der Waals surface area (Å²) in [5, 5.41) is 0. The van der Waals surface area contributed by atoms with Crippen molar-refractivity contribution in [1.29, 1.82) is 0 Å². The van der Waals surface area contributed by atoms with Crippen LogP contribution in [0.2, 0.25) is 0 Å². The van der Waals surface area contributed by atoms with Gasteiger partial charge in [-0.15, -0.1) is 0 Å². The molecule has 1 aromatic rings. The number of carbonyl (C=O) groups excluding carboxylic acids is 1. The van der Waals surface area contributed by atoms with Crippen LogP contribution in [0.25, 0.3) is 0 Å². The van der Waals surface area contributed by atoms with E-state index >= 15 is 0 Å². The number of carbonyl (C=O) groups is 1. The van der Waals surface area contributed by atoms with Crippen LogP contribution in [0.15, 0.2) is 24.3 Å². The average Bonchev–Trinajstić information content (AvgIpc) is 2.59. The fourth-order valence-corrected chi connectivity index (χ4v) is 4.59. The van der Waals surface area contributed by atoms with Crippen LogP contribution in [0.3, 0.4) is 0 Å². The van der Waals surface area contributed by atoms with Gasteiger partial charge in [-0.2, -0.15) is 0 Å². The van der Waals surface area contributed by atoms with Crippen LogP contribution in [-0.4, -0.2) is 12.4 Å². The molecule has 0 spiro atoms. The lowest BCUT2D eigenvalue weighted by Gasteiger charge is -2.51. The molecule has 0 unspecified atom stereocenters. The summed E-state index contributed by atoms with van der Waals surface area (Å²) in [6, 6.07) is 8.58. The second kappa shape index (κ2) is 4.17. The lowest BCUT2D eigenvalue weighted by atomic mass is 9.58. The van der Waals surface area contributed by atoms with Crippen LogP contribution in [0.1, 0.15) is 49.3 Å². The van der Waals surface area contributed by atoms with Crippen molar-refractivity contribution in [2.75, 3.05) is 6.61 Å². The number of ether oxygens (including phenoxy) is 1. The molecule has 3 atom stereocenters. The molecule has 1 heterocycles. The number of fused-ring (bicyclic) bond motifs is 2. The third kappa shape index (κ3) is 1.62. The Labute approximate surface area is 114 Å². The summed E-state index contributed by atoms with van der Waals surface area (Å²) in [6.45, 7) is 0.822. The minimum atomic E-state index is 0.0318. The largest absolute Gasteiger partial charge is 0.373 e. The van der Waals surface area contributed by atoms with Crippen molar-refractivity contribution in [2.45, 2.75) is 44.6 Å². The number of hydrogen-bond donors (Lipinski definition) is 0. The van der Waals surface area contributed by atoms with E-state index in [2.05, 4.69) is 24.3 Å². The molecule has 0 aromatic heterocycles. The summed E-state index contributed by atoms with van der Waals surface area (Å²) >= 11 is 0. The fourth-order valence-electron chi connectivity index (χ4n) is 4.59. The Hall–Kier alpha value is -1.15. The van der Waals surface area contributed by atoms with E-state index in [0.29, 0.717) is 5.78 Å². The molecule has 1 saturated heterocycles. The van der Waals surface area contributed by atoms with Crippen molar-refractivity contribution in [1.82, 2.24) is 0 Å². The molecule has 0 radical (unpaired) electrons. The van der Waals surface area contributed by atoms with Crippen molar-refractivity contribution < 1.29 is 9.53 Å². The number of ketones is 1. The highest BCUT2D eigenvalue weighted by molar-refractivity contribution is 5.83. The van der Waals surface area contributed by atoms with Gasteiger partial charge in [-0.3, -0.25) is 4.79 Å². The molecule has 2 heteroatoms. The maximum absolute atomic E-state index is 12.6. The molecule has 1 aromatic carbocycles. The molecule has 2 fully saturated rings. The van der Waals surface area contributed by atoms with Crippen molar-refractivity contribution in [3.63, 3.8) is 0 Å². The summed E-state index contributed by atoms with van der Waals surface area (Å²) in [7, 11) is 0. The van der Waals surface area contributed by atoms with Gasteiger partial charge < -0.3 is 4.74 Å². The first-order valence-corrected chi connectivity index (χ1v) is 7.52. The number of Topliss-reactive ketones (excluding diaryl/α,β-unsaturated/α-hetero) is 1. The number of rotatable bonds is 0.